The molecule has 1 aliphatic rings. The first-order valence-corrected chi connectivity index (χ1v) is 10.3. The Bertz CT molecular complexity index is 1000. The van der Waals surface area contributed by atoms with Crippen LogP contribution in [0.3, 0.4) is 0 Å². The van der Waals surface area contributed by atoms with Crippen LogP contribution < -0.4 is 5.32 Å². The number of anilines is 1. The number of piperidine rings is 1. The molecule has 1 aliphatic heterocycles. The van der Waals surface area contributed by atoms with E-state index in [9.17, 15) is 9.59 Å². The lowest BCUT2D eigenvalue weighted by Crippen LogP contribution is -2.45. The second-order valence-electron chi connectivity index (χ2n) is 8.12. The number of likely N-dealkylation sites (tertiary alicyclic amines) is 1. The average molecular weight is 389 g/mol. The molecule has 2 amide bonds. The van der Waals surface area contributed by atoms with Crippen molar-refractivity contribution in [1.29, 1.82) is 0 Å². The number of carbonyl (C=O) groups is 2. The van der Waals surface area contributed by atoms with Crippen LogP contribution in [0.15, 0.2) is 54.6 Å². The highest BCUT2D eigenvalue weighted by Crippen LogP contribution is 2.27. The van der Waals surface area contributed by atoms with Gasteiger partial charge < -0.3 is 15.2 Å². The highest BCUT2D eigenvalue weighted by Gasteiger charge is 2.29. The molecule has 1 fully saturated rings. The lowest BCUT2D eigenvalue weighted by atomic mass is 9.96. The van der Waals surface area contributed by atoms with Crippen LogP contribution in [-0.4, -0.2) is 34.8 Å². The Kier molecular flexibility index (Phi) is 5.38. The molecule has 3 aromatic rings. The minimum absolute atomic E-state index is 0.0138. The summed E-state index contributed by atoms with van der Waals surface area (Å²) in [5.41, 5.74) is 3.92. The number of hydrogen-bond acceptors (Lipinski definition) is 2. The summed E-state index contributed by atoms with van der Waals surface area (Å²) in [7, 11) is 0. The standard InChI is InChI=1S/C24H27N3O2/c1-16(2)24(29)27-12-6-9-19(15-27)23(28)25-20-10-5-8-17(13-20)22-14-18-7-3-4-11-21(18)26-22/h3-5,7-8,10-11,13-14,16,19,26H,6,9,12,15H2,1-2H3,(H,25,28)/t19-/m1/s1. The number of para-hydroxylation sites is 1. The molecule has 0 saturated carbocycles. The van der Waals surface area contributed by atoms with E-state index in [0.717, 1.165) is 47.2 Å². The number of rotatable bonds is 4. The predicted molar refractivity (Wildman–Crippen MR) is 117 cm³/mol. The molecule has 0 aliphatic carbocycles. The second-order valence-corrected chi connectivity index (χ2v) is 8.12. The van der Waals surface area contributed by atoms with Crippen molar-refractivity contribution in [2.45, 2.75) is 26.7 Å². The molecular formula is C24H27N3O2. The van der Waals surface area contributed by atoms with E-state index >= 15 is 0 Å². The van der Waals surface area contributed by atoms with Crippen LogP contribution in [0.1, 0.15) is 26.7 Å². The smallest absolute Gasteiger partial charge is 0.229 e. The predicted octanol–water partition coefficient (Wildman–Crippen LogP) is 4.67. The maximum Gasteiger partial charge on any atom is 0.229 e. The Hall–Kier alpha value is -3.08. The van der Waals surface area contributed by atoms with Gasteiger partial charge in [-0.2, -0.15) is 0 Å². The van der Waals surface area contributed by atoms with Crippen molar-refractivity contribution in [2.24, 2.45) is 11.8 Å². The van der Waals surface area contributed by atoms with Crippen molar-refractivity contribution in [3.8, 4) is 11.3 Å². The van der Waals surface area contributed by atoms with E-state index < -0.39 is 0 Å². The molecule has 2 heterocycles. The molecule has 1 atom stereocenters. The summed E-state index contributed by atoms with van der Waals surface area (Å²) in [5.74, 6) is -0.0867. The Balaban J connectivity index is 1.47. The zero-order chi connectivity index (χ0) is 20.4. The molecule has 0 unspecified atom stereocenters. The maximum absolute atomic E-state index is 12.8. The highest BCUT2D eigenvalue weighted by atomic mass is 16.2. The normalized spacial score (nSPS) is 16.9. The summed E-state index contributed by atoms with van der Waals surface area (Å²) in [4.78, 5) is 30.4. The first kappa shape index (κ1) is 19.2. The molecule has 0 radical (unpaired) electrons. The van der Waals surface area contributed by atoms with E-state index in [1.807, 2.05) is 55.1 Å². The van der Waals surface area contributed by atoms with E-state index in [0.29, 0.717) is 6.54 Å². The van der Waals surface area contributed by atoms with E-state index in [1.165, 1.54) is 0 Å². The number of nitrogens with one attached hydrogen (secondary N) is 2. The SMILES string of the molecule is CC(C)C(=O)N1CCC[C@@H](C(=O)Nc2cccc(-c3cc4ccccc4[nH]3)c2)C1. The molecule has 2 N–H and O–H groups in total. The number of nitrogens with zero attached hydrogens (tertiary/aromatic N) is 1. The molecule has 5 nitrogen and oxygen atoms in total. The van der Waals surface area contributed by atoms with Gasteiger partial charge in [0.25, 0.3) is 0 Å². The van der Waals surface area contributed by atoms with E-state index in [1.54, 1.807) is 0 Å². The quantitative estimate of drug-likeness (QED) is 0.681. The Morgan fingerprint density at radius 1 is 1.10 bits per heavy atom. The van der Waals surface area contributed by atoms with Crippen molar-refractivity contribution in [1.82, 2.24) is 9.88 Å². The summed E-state index contributed by atoms with van der Waals surface area (Å²) in [6.07, 6.45) is 1.68. The zero-order valence-corrected chi connectivity index (χ0v) is 16.9. The Morgan fingerprint density at radius 3 is 2.72 bits per heavy atom. The van der Waals surface area contributed by atoms with Crippen LogP contribution in [0.5, 0.6) is 0 Å². The van der Waals surface area contributed by atoms with Crippen LogP contribution in [0.2, 0.25) is 0 Å². The van der Waals surface area contributed by atoms with Gasteiger partial charge in [0.2, 0.25) is 11.8 Å². The van der Waals surface area contributed by atoms with E-state index in [4.69, 9.17) is 0 Å². The van der Waals surface area contributed by atoms with Crippen LogP contribution >= 0.6 is 0 Å². The van der Waals surface area contributed by atoms with Gasteiger partial charge in [-0.15, -0.1) is 0 Å². The lowest BCUT2D eigenvalue weighted by Gasteiger charge is -2.33. The average Bonchev–Trinajstić information content (AvgIpc) is 3.18. The van der Waals surface area contributed by atoms with Gasteiger partial charge in [-0.3, -0.25) is 9.59 Å². The molecule has 0 bridgehead atoms. The van der Waals surface area contributed by atoms with Crippen molar-refractivity contribution >= 4 is 28.4 Å². The van der Waals surface area contributed by atoms with Gasteiger partial charge in [0.1, 0.15) is 0 Å². The molecular weight excluding hydrogens is 362 g/mol. The van der Waals surface area contributed by atoms with Crippen molar-refractivity contribution in [2.75, 3.05) is 18.4 Å². The fourth-order valence-electron chi connectivity index (χ4n) is 3.99. The van der Waals surface area contributed by atoms with E-state index in [-0.39, 0.29) is 23.7 Å². The first-order chi connectivity index (χ1) is 14.0. The monoisotopic (exact) mass is 389 g/mol. The summed E-state index contributed by atoms with van der Waals surface area (Å²) < 4.78 is 0. The number of H-pyrrole nitrogens is 1. The van der Waals surface area contributed by atoms with Crippen LogP contribution in [-0.2, 0) is 9.59 Å². The Labute approximate surface area is 171 Å². The molecule has 0 spiro atoms. The molecule has 1 saturated heterocycles. The number of hydrogen-bond donors (Lipinski definition) is 2. The lowest BCUT2D eigenvalue weighted by molar-refractivity contribution is -0.137. The van der Waals surface area contributed by atoms with Gasteiger partial charge >= 0.3 is 0 Å². The number of aromatic amines is 1. The zero-order valence-electron chi connectivity index (χ0n) is 16.9. The molecule has 4 rings (SSSR count). The minimum atomic E-state index is -0.164. The largest absolute Gasteiger partial charge is 0.355 e. The number of aromatic nitrogens is 1. The third-order valence-corrected chi connectivity index (χ3v) is 5.57. The van der Waals surface area contributed by atoms with Gasteiger partial charge in [0.15, 0.2) is 0 Å². The summed E-state index contributed by atoms with van der Waals surface area (Å²) in [5, 5.41) is 4.21. The van der Waals surface area contributed by atoms with Crippen LogP contribution in [0, 0.1) is 11.8 Å². The number of amides is 2. The van der Waals surface area contributed by atoms with Crippen LogP contribution in [0.25, 0.3) is 22.2 Å². The van der Waals surface area contributed by atoms with Crippen molar-refractivity contribution in [3.63, 3.8) is 0 Å². The summed E-state index contributed by atoms with van der Waals surface area (Å²) in [6, 6.07) is 18.2. The fraction of sp³-hybridized carbons (Fsp3) is 0.333. The van der Waals surface area contributed by atoms with Gasteiger partial charge in [-0.1, -0.05) is 44.2 Å². The Morgan fingerprint density at radius 2 is 1.93 bits per heavy atom. The molecule has 150 valence electrons. The van der Waals surface area contributed by atoms with Gasteiger partial charge in [0.05, 0.1) is 5.92 Å². The number of fused-ring (bicyclic) bond motifs is 1. The summed E-state index contributed by atoms with van der Waals surface area (Å²) >= 11 is 0. The molecule has 1 aromatic heterocycles. The molecule has 5 heteroatoms. The van der Waals surface area contributed by atoms with Gasteiger partial charge in [0, 0.05) is 46.9 Å². The topological polar surface area (TPSA) is 65.2 Å². The fourth-order valence-corrected chi connectivity index (χ4v) is 3.99. The van der Waals surface area contributed by atoms with Crippen molar-refractivity contribution < 1.29 is 9.59 Å². The third-order valence-electron chi connectivity index (χ3n) is 5.57. The maximum atomic E-state index is 12.8. The number of benzene rings is 2. The summed E-state index contributed by atoms with van der Waals surface area (Å²) in [6.45, 7) is 5.06. The molecule has 2 aromatic carbocycles. The number of carbonyl (C=O) groups excluding carboxylic acids is 2. The van der Waals surface area contributed by atoms with E-state index in [2.05, 4.69) is 28.5 Å². The second kappa shape index (κ2) is 8.11. The van der Waals surface area contributed by atoms with Gasteiger partial charge in [-0.25, -0.2) is 0 Å². The highest BCUT2D eigenvalue weighted by molar-refractivity contribution is 5.94. The van der Waals surface area contributed by atoms with Gasteiger partial charge in [-0.05, 0) is 37.1 Å². The first-order valence-electron chi connectivity index (χ1n) is 10.3. The van der Waals surface area contributed by atoms with Crippen LogP contribution in [0.4, 0.5) is 5.69 Å². The third kappa shape index (κ3) is 4.19. The molecule has 29 heavy (non-hydrogen) atoms. The minimum Gasteiger partial charge on any atom is -0.355 e. The van der Waals surface area contributed by atoms with Crippen molar-refractivity contribution in [3.05, 3.63) is 54.6 Å².